The molecule has 1 saturated heterocycles. The van der Waals surface area contributed by atoms with Crippen molar-refractivity contribution in [1.82, 2.24) is 4.90 Å². The van der Waals surface area contributed by atoms with Crippen LogP contribution in [0.2, 0.25) is 0 Å². The van der Waals surface area contributed by atoms with Crippen molar-refractivity contribution in [3.63, 3.8) is 0 Å². The number of nitrogens with zero attached hydrogens (tertiary/aromatic N) is 1. The summed E-state index contributed by atoms with van der Waals surface area (Å²) in [4.78, 5) is 23.4. The third-order valence-corrected chi connectivity index (χ3v) is 1.85. The zero-order valence-electron chi connectivity index (χ0n) is 7.78. The van der Waals surface area contributed by atoms with E-state index in [9.17, 15) is 9.59 Å². The third-order valence-electron chi connectivity index (χ3n) is 1.85. The SMILES string of the molecule is COC(C)CN1CC(=O)OC(=O)C1. The molecule has 1 unspecified atom stereocenters. The summed E-state index contributed by atoms with van der Waals surface area (Å²) >= 11 is 0. The van der Waals surface area contributed by atoms with E-state index in [1.807, 2.05) is 6.92 Å². The van der Waals surface area contributed by atoms with E-state index in [1.165, 1.54) is 0 Å². The Morgan fingerprint density at radius 3 is 2.46 bits per heavy atom. The monoisotopic (exact) mass is 187 g/mol. The summed E-state index contributed by atoms with van der Waals surface area (Å²) in [7, 11) is 1.59. The molecule has 1 aliphatic rings. The average Bonchev–Trinajstić information content (AvgIpc) is 2.02. The molecule has 5 nitrogen and oxygen atoms in total. The van der Waals surface area contributed by atoms with Crippen LogP contribution in [0, 0.1) is 0 Å². The van der Waals surface area contributed by atoms with Crippen LogP contribution in [0.5, 0.6) is 0 Å². The van der Waals surface area contributed by atoms with E-state index in [0.29, 0.717) is 6.54 Å². The lowest BCUT2D eigenvalue weighted by molar-refractivity contribution is -0.167. The predicted octanol–water partition coefficient (Wildman–Crippen LogP) is -0.593. The van der Waals surface area contributed by atoms with Gasteiger partial charge in [-0.15, -0.1) is 0 Å². The van der Waals surface area contributed by atoms with Gasteiger partial charge in [0.05, 0.1) is 19.2 Å². The second kappa shape index (κ2) is 4.34. The first-order valence-electron chi connectivity index (χ1n) is 4.10. The van der Waals surface area contributed by atoms with E-state index >= 15 is 0 Å². The Morgan fingerprint density at radius 1 is 1.46 bits per heavy atom. The predicted molar refractivity (Wildman–Crippen MR) is 44.0 cm³/mol. The molecule has 0 aromatic carbocycles. The summed E-state index contributed by atoms with van der Waals surface area (Å²) in [6.45, 7) is 2.78. The molecule has 1 atom stereocenters. The molecule has 0 bridgehead atoms. The first-order chi connectivity index (χ1) is 6.11. The summed E-state index contributed by atoms with van der Waals surface area (Å²) in [5.74, 6) is -0.973. The van der Waals surface area contributed by atoms with Crippen molar-refractivity contribution in [3.05, 3.63) is 0 Å². The zero-order chi connectivity index (χ0) is 9.84. The molecule has 0 aliphatic carbocycles. The lowest BCUT2D eigenvalue weighted by Gasteiger charge is -2.26. The summed E-state index contributed by atoms with van der Waals surface area (Å²) in [6.07, 6.45) is 0.0127. The number of methoxy groups -OCH3 is 1. The van der Waals surface area contributed by atoms with Gasteiger partial charge >= 0.3 is 11.9 Å². The van der Waals surface area contributed by atoms with E-state index < -0.39 is 11.9 Å². The highest BCUT2D eigenvalue weighted by Gasteiger charge is 2.25. The van der Waals surface area contributed by atoms with Crippen LogP contribution in [0.1, 0.15) is 6.92 Å². The second-order valence-electron chi connectivity index (χ2n) is 3.06. The first-order valence-corrected chi connectivity index (χ1v) is 4.10. The van der Waals surface area contributed by atoms with Gasteiger partial charge in [0.2, 0.25) is 0 Å². The maximum Gasteiger partial charge on any atom is 0.327 e. The largest absolute Gasteiger partial charge is 0.391 e. The number of carbonyl (C=O) groups is 2. The molecule has 5 heteroatoms. The van der Waals surface area contributed by atoms with Crippen molar-refractivity contribution >= 4 is 11.9 Å². The molecule has 1 aliphatic heterocycles. The van der Waals surface area contributed by atoms with Gasteiger partial charge in [0.1, 0.15) is 0 Å². The van der Waals surface area contributed by atoms with Crippen LogP contribution in [0.3, 0.4) is 0 Å². The summed E-state index contributed by atoms with van der Waals surface area (Å²) in [5.41, 5.74) is 0. The van der Waals surface area contributed by atoms with Crippen LogP contribution in [0.25, 0.3) is 0 Å². The van der Waals surface area contributed by atoms with Crippen LogP contribution in [-0.4, -0.2) is 49.7 Å². The van der Waals surface area contributed by atoms with Gasteiger partial charge < -0.3 is 9.47 Å². The fourth-order valence-electron chi connectivity index (χ4n) is 1.18. The van der Waals surface area contributed by atoms with Gasteiger partial charge in [-0.05, 0) is 6.92 Å². The average molecular weight is 187 g/mol. The lowest BCUT2D eigenvalue weighted by Crippen LogP contribution is -2.45. The van der Waals surface area contributed by atoms with Crippen LogP contribution >= 0.6 is 0 Å². The highest BCUT2D eigenvalue weighted by atomic mass is 16.6. The Kier molecular flexibility index (Phi) is 3.39. The number of ether oxygens (including phenoxy) is 2. The second-order valence-corrected chi connectivity index (χ2v) is 3.06. The first kappa shape index (κ1) is 10.1. The number of hydrogen-bond acceptors (Lipinski definition) is 5. The molecule has 1 fully saturated rings. The Morgan fingerprint density at radius 2 is 2.00 bits per heavy atom. The van der Waals surface area contributed by atoms with Crippen molar-refractivity contribution in [2.24, 2.45) is 0 Å². The molecule has 0 aromatic heterocycles. The fraction of sp³-hybridized carbons (Fsp3) is 0.750. The highest BCUT2D eigenvalue weighted by Crippen LogP contribution is 2.02. The number of morpholine rings is 1. The molecule has 0 spiro atoms. The number of hydrogen-bond donors (Lipinski definition) is 0. The Bertz CT molecular complexity index is 200. The number of esters is 2. The van der Waals surface area contributed by atoms with Crippen molar-refractivity contribution < 1.29 is 19.1 Å². The number of carbonyl (C=O) groups excluding carboxylic acids is 2. The van der Waals surface area contributed by atoms with Gasteiger partial charge in [-0.1, -0.05) is 0 Å². The van der Waals surface area contributed by atoms with E-state index in [1.54, 1.807) is 12.0 Å². The van der Waals surface area contributed by atoms with Gasteiger partial charge in [0.25, 0.3) is 0 Å². The van der Waals surface area contributed by atoms with E-state index in [-0.39, 0.29) is 19.2 Å². The maximum atomic E-state index is 10.8. The van der Waals surface area contributed by atoms with Gasteiger partial charge in [-0.3, -0.25) is 14.5 Å². The molecule has 1 heterocycles. The van der Waals surface area contributed by atoms with Gasteiger partial charge in [-0.25, -0.2) is 0 Å². The smallest absolute Gasteiger partial charge is 0.327 e. The fourth-order valence-corrected chi connectivity index (χ4v) is 1.18. The number of cyclic esters (lactones) is 2. The normalized spacial score (nSPS) is 21.4. The minimum atomic E-state index is -0.487. The quantitative estimate of drug-likeness (QED) is 0.436. The standard InChI is InChI=1S/C8H13NO4/c1-6(12-2)3-9-4-7(10)13-8(11)5-9/h6H,3-5H2,1-2H3. The molecule has 1 rings (SSSR count). The van der Waals surface area contributed by atoms with Crippen LogP contribution in [0.15, 0.2) is 0 Å². The highest BCUT2D eigenvalue weighted by molar-refractivity contribution is 5.90. The molecule has 0 saturated carbocycles. The molecule has 0 aromatic rings. The van der Waals surface area contributed by atoms with E-state index in [2.05, 4.69) is 4.74 Å². The van der Waals surface area contributed by atoms with Crippen molar-refractivity contribution in [2.45, 2.75) is 13.0 Å². The van der Waals surface area contributed by atoms with Crippen LogP contribution in [0.4, 0.5) is 0 Å². The number of rotatable bonds is 3. The molecular formula is C8H13NO4. The third kappa shape index (κ3) is 3.12. The summed E-state index contributed by atoms with van der Waals surface area (Å²) < 4.78 is 9.39. The van der Waals surface area contributed by atoms with E-state index in [4.69, 9.17) is 4.74 Å². The van der Waals surface area contributed by atoms with Gasteiger partial charge in [-0.2, -0.15) is 0 Å². The van der Waals surface area contributed by atoms with Crippen molar-refractivity contribution in [3.8, 4) is 0 Å². The zero-order valence-corrected chi connectivity index (χ0v) is 7.78. The molecule has 0 N–H and O–H groups in total. The lowest BCUT2D eigenvalue weighted by atomic mass is 10.3. The summed E-state index contributed by atoms with van der Waals surface area (Å²) in [6, 6.07) is 0. The van der Waals surface area contributed by atoms with Crippen LogP contribution < -0.4 is 0 Å². The van der Waals surface area contributed by atoms with Gasteiger partial charge in [0.15, 0.2) is 0 Å². The molecule has 74 valence electrons. The molecule has 0 amide bonds. The Balaban J connectivity index is 2.41. The molecular weight excluding hydrogens is 174 g/mol. The molecule has 13 heavy (non-hydrogen) atoms. The maximum absolute atomic E-state index is 10.8. The van der Waals surface area contributed by atoms with Gasteiger partial charge in [0, 0.05) is 13.7 Å². The minimum absolute atomic E-state index is 0.0127. The minimum Gasteiger partial charge on any atom is -0.391 e. The summed E-state index contributed by atoms with van der Waals surface area (Å²) in [5, 5.41) is 0. The Labute approximate surface area is 76.6 Å². The van der Waals surface area contributed by atoms with Crippen molar-refractivity contribution in [1.29, 1.82) is 0 Å². The molecule has 0 radical (unpaired) electrons. The topological polar surface area (TPSA) is 55.8 Å². The van der Waals surface area contributed by atoms with Crippen molar-refractivity contribution in [2.75, 3.05) is 26.7 Å². The van der Waals surface area contributed by atoms with E-state index in [0.717, 1.165) is 0 Å². The van der Waals surface area contributed by atoms with Crippen LogP contribution in [-0.2, 0) is 19.1 Å². The Hall–Kier alpha value is -0.940.